The van der Waals surface area contributed by atoms with E-state index in [0.29, 0.717) is 10.8 Å². The summed E-state index contributed by atoms with van der Waals surface area (Å²) in [6.07, 6.45) is 9.72. The van der Waals surface area contributed by atoms with Crippen LogP contribution in [0.15, 0.2) is 0 Å². The molecule has 0 aromatic carbocycles. The van der Waals surface area contributed by atoms with E-state index in [1.54, 1.807) is 0 Å². The predicted octanol–water partition coefficient (Wildman–Crippen LogP) is 2.68. The number of nitrogens with two attached hydrogens (primary N) is 1. The van der Waals surface area contributed by atoms with Crippen LogP contribution in [0.4, 0.5) is 0 Å². The van der Waals surface area contributed by atoms with Crippen LogP contribution in [0.2, 0.25) is 0 Å². The third-order valence-electron chi connectivity index (χ3n) is 4.23. The van der Waals surface area contributed by atoms with Gasteiger partial charge in [-0.25, -0.2) is 0 Å². The Labute approximate surface area is 97.7 Å². The summed E-state index contributed by atoms with van der Waals surface area (Å²) in [5.74, 6) is 8.01. The van der Waals surface area contributed by atoms with Crippen LogP contribution in [-0.4, -0.2) is 16.5 Å². The third kappa shape index (κ3) is 2.69. The summed E-state index contributed by atoms with van der Waals surface area (Å²) in [6, 6.07) is 0.521. The Bertz CT molecular complexity index is 196. The molecule has 2 fully saturated rings. The summed E-state index contributed by atoms with van der Waals surface area (Å²) < 4.78 is 0.400. The molecule has 0 spiro atoms. The summed E-state index contributed by atoms with van der Waals surface area (Å²) in [5, 5.41) is 0. The zero-order valence-electron chi connectivity index (χ0n) is 9.80. The molecule has 3 N–H and O–H groups in total. The maximum atomic E-state index is 5.75. The predicted molar refractivity (Wildman–Crippen MR) is 67.8 cm³/mol. The Morgan fingerprint density at radius 1 is 1.40 bits per heavy atom. The van der Waals surface area contributed by atoms with E-state index < -0.39 is 0 Å². The van der Waals surface area contributed by atoms with Crippen molar-refractivity contribution in [3.63, 3.8) is 0 Å². The summed E-state index contributed by atoms with van der Waals surface area (Å²) in [4.78, 5) is 0. The largest absolute Gasteiger partial charge is 0.271 e. The van der Waals surface area contributed by atoms with Gasteiger partial charge < -0.3 is 0 Å². The summed E-state index contributed by atoms with van der Waals surface area (Å²) in [5.41, 5.74) is 3.09. The monoisotopic (exact) mass is 228 g/mol. The van der Waals surface area contributed by atoms with Crippen molar-refractivity contribution in [3.8, 4) is 0 Å². The van der Waals surface area contributed by atoms with Gasteiger partial charge in [0.1, 0.15) is 0 Å². The molecule has 0 amide bonds. The zero-order valence-corrected chi connectivity index (χ0v) is 10.6. The van der Waals surface area contributed by atoms with Crippen molar-refractivity contribution in [1.82, 2.24) is 5.43 Å². The van der Waals surface area contributed by atoms with Gasteiger partial charge in [0.2, 0.25) is 0 Å². The fraction of sp³-hybridized carbons (Fsp3) is 1.00. The van der Waals surface area contributed by atoms with E-state index in [2.05, 4.69) is 24.1 Å². The fourth-order valence-electron chi connectivity index (χ4n) is 3.15. The zero-order chi connectivity index (χ0) is 10.7. The highest BCUT2D eigenvalue weighted by Crippen LogP contribution is 2.43. The first-order chi connectivity index (χ1) is 7.24. The maximum Gasteiger partial charge on any atom is 0.0357 e. The number of rotatable bonds is 4. The van der Waals surface area contributed by atoms with Crippen LogP contribution in [0, 0.1) is 5.92 Å². The van der Waals surface area contributed by atoms with Crippen molar-refractivity contribution in [2.24, 2.45) is 11.8 Å². The van der Waals surface area contributed by atoms with Crippen molar-refractivity contribution in [3.05, 3.63) is 0 Å². The van der Waals surface area contributed by atoms with Crippen molar-refractivity contribution in [1.29, 1.82) is 0 Å². The minimum absolute atomic E-state index is 0.400. The van der Waals surface area contributed by atoms with Crippen LogP contribution >= 0.6 is 11.8 Å². The van der Waals surface area contributed by atoms with Crippen molar-refractivity contribution in [2.75, 3.05) is 5.75 Å². The van der Waals surface area contributed by atoms with Crippen molar-refractivity contribution >= 4 is 11.8 Å². The molecule has 1 aliphatic heterocycles. The maximum absolute atomic E-state index is 5.75. The molecule has 0 aromatic rings. The van der Waals surface area contributed by atoms with Gasteiger partial charge in [0.15, 0.2) is 0 Å². The van der Waals surface area contributed by atoms with Crippen LogP contribution in [-0.2, 0) is 0 Å². The molecule has 1 saturated heterocycles. The molecule has 0 aromatic heterocycles. The van der Waals surface area contributed by atoms with E-state index in [0.717, 1.165) is 5.92 Å². The molecule has 1 heterocycles. The van der Waals surface area contributed by atoms with Crippen molar-refractivity contribution in [2.45, 2.75) is 62.7 Å². The molecule has 2 unspecified atom stereocenters. The number of thioether (sulfide) groups is 1. The second kappa shape index (κ2) is 5.07. The van der Waals surface area contributed by atoms with E-state index >= 15 is 0 Å². The minimum Gasteiger partial charge on any atom is -0.271 e. The van der Waals surface area contributed by atoms with Crippen molar-refractivity contribution < 1.29 is 0 Å². The van der Waals surface area contributed by atoms with Gasteiger partial charge in [-0.2, -0.15) is 11.8 Å². The van der Waals surface area contributed by atoms with Crippen LogP contribution in [0.1, 0.15) is 51.9 Å². The van der Waals surface area contributed by atoms with E-state index in [1.807, 2.05) is 0 Å². The summed E-state index contributed by atoms with van der Waals surface area (Å²) >= 11 is 2.12. The standard InChI is InChI=1S/C12H24N2S/c1-12(7-4-8-15-12)11(14-13)9-10-5-2-3-6-10/h10-11,14H,2-9,13H2,1H3. The SMILES string of the molecule is CC1(C(CC2CCCC2)NN)CCCS1. The van der Waals surface area contributed by atoms with Gasteiger partial charge in [0.05, 0.1) is 0 Å². The molecule has 1 aliphatic carbocycles. The molecular weight excluding hydrogens is 204 g/mol. The van der Waals surface area contributed by atoms with Gasteiger partial charge in [-0.3, -0.25) is 11.3 Å². The highest BCUT2D eigenvalue weighted by Gasteiger charge is 2.38. The fourth-order valence-corrected chi connectivity index (χ4v) is 4.56. The van der Waals surface area contributed by atoms with Crippen LogP contribution in [0.5, 0.6) is 0 Å². The third-order valence-corrected chi connectivity index (χ3v) is 5.87. The Morgan fingerprint density at radius 3 is 2.67 bits per heavy atom. The average molecular weight is 228 g/mol. The van der Waals surface area contributed by atoms with E-state index in [9.17, 15) is 0 Å². The first-order valence-corrected chi connectivity index (χ1v) is 7.33. The van der Waals surface area contributed by atoms with Gasteiger partial charge >= 0.3 is 0 Å². The quantitative estimate of drug-likeness (QED) is 0.574. The van der Waals surface area contributed by atoms with E-state index in [-0.39, 0.29) is 0 Å². The van der Waals surface area contributed by atoms with Crippen LogP contribution in [0.3, 0.4) is 0 Å². The molecule has 15 heavy (non-hydrogen) atoms. The second-order valence-electron chi connectivity index (χ2n) is 5.37. The highest BCUT2D eigenvalue weighted by molar-refractivity contribution is 8.00. The highest BCUT2D eigenvalue weighted by atomic mass is 32.2. The molecule has 2 nitrogen and oxygen atoms in total. The average Bonchev–Trinajstić information content (AvgIpc) is 2.85. The lowest BCUT2D eigenvalue weighted by Crippen LogP contribution is -2.49. The Kier molecular flexibility index (Phi) is 3.97. The molecule has 3 heteroatoms. The molecule has 0 bridgehead atoms. The smallest absolute Gasteiger partial charge is 0.0357 e. The van der Waals surface area contributed by atoms with Gasteiger partial charge in [0, 0.05) is 10.8 Å². The first-order valence-electron chi connectivity index (χ1n) is 6.35. The Morgan fingerprint density at radius 2 is 2.13 bits per heavy atom. The van der Waals surface area contributed by atoms with Gasteiger partial charge in [-0.05, 0) is 37.9 Å². The van der Waals surface area contributed by atoms with Crippen LogP contribution in [0.25, 0.3) is 0 Å². The number of hydrogen-bond donors (Lipinski definition) is 2. The van der Waals surface area contributed by atoms with Gasteiger partial charge in [-0.1, -0.05) is 25.7 Å². The minimum atomic E-state index is 0.400. The second-order valence-corrected chi connectivity index (χ2v) is 7.00. The van der Waals surface area contributed by atoms with E-state index in [1.165, 1.54) is 50.7 Å². The summed E-state index contributed by atoms with van der Waals surface area (Å²) in [6.45, 7) is 2.39. The molecule has 88 valence electrons. The lowest BCUT2D eigenvalue weighted by Gasteiger charge is -2.34. The topological polar surface area (TPSA) is 38.0 Å². The molecule has 2 atom stereocenters. The van der Waals surface area contributed by atoms with Gasteiger partial charge in [-0.15, -0.1) is 0 Å². The molecular formula is C12H24N2S. The molecule has 2 rings (SSSR count). The first kappa shape index (κ1) is 11.7. The number of nitrogens with one attached hydrogen (secondary N) is 1. The number of hydrazine groups is 1. The van der Waals surface area contributed by atoms with Crippen LogP contribution < -0.4 is 11.3 Å². The lowest BCUT2D eigenvalue weighted by molar-refractivity contribution is 0.328. The van der Waals surface area contributed by atoms with Gasteiger partial charge in [0.25, 0.3) is 0 Å². The molecule has 1 saturated carbocycles. The molecule has 0 radical (unpaired) electrons. The lowest BCUT2D eigenvalue weighted by atomic mass is 9.88. The number of hydrogen-bond acceptors (Lipinski definition) is 3. The Hall–Kier alpha value is 0.270. The normalized spacial score (nSPS) is 34.8. The summed E-state index contributed by atoms with van der Waals surface area (Å²) in [7, 11) is 0. The Balaban J connectivity index is 1.90. The molecule has 2 aliphatic rings. The van der Waals surface area contributed by atoms with E-state index in [4.69, 9.17) is 5.84 Å².